The lowest BCUT2D eigenvalue weighted by Crippen LogP contribution is -2.15. The summed E-state index contributed by atoms with van der Waals surface area (Å²) in [7, 11) is 0. The van der Waals surface area contributed by atoms with Crippen LogP contribution in [0.15, 0.2) is 18.5 Å². The van der Waals surface area contributed by atoms with Gasteiger partial charge in [-0.3, -0.25) is 10.1 Å². The Kier molecular flexibility index (Phi) is 3.01. The Balaban J connectivity index is 2.22. The molecule has 0 aromatic carbocycles. The molecular formula is C10H9FN4OS. The van der Waals surface area contributed by atoms with Crippen LogP contribution in [0.1, 0.15) is 15.2 Å². The van der Waals surface area contributed by atoms with Gasteiger partial charge in [0.05, 0.1) is 11.8 Å². The van der Waals surface area contributed by atoms with Crippen LogP contribution in [-0.4, -0.2) is 15.9 Å². The highest BCUT2D eigenvalue weighted by atomic mass is 32.1. The molecule has 0 saturated carbocycles. The van der Waals surface area contributed by atoms with Crippen molar-refractivity contribution in [3.05, 3.63) is 34.7 Å². The molecule has 0 aliphatic heterocycles. The molecule has 1 amide bonds. The van der Waals surface area contributed by atoms with Crippen LogP contribution in [-0.2, 0) is 0 Å². The largest absolute Gasteiger partial charge is 0.383 e. The highest BCUT2D eigenvalue weighted by Gasteiger charge is 2.13. The first-order valence-electron chi connectivity index (χ1n) is 4.71. The summed E-state index contributed by atoms with van der Waals surface area (Å²) in [6, 6.07) is 1.04. The molecule has 0 saturated heterocycles. The Morgan fingerprint density at radius 3 is 2.88 bits per heavy atom. The van der Waals surface area contributed by atoms with E-state index in [1.807, 2.05) is 6.92 Å². The van der Waals surface area contributed by atoms with E-state index in [-0.39, 0.29) is 11.4 Å². The van der Waals surface area contributed by atoms with Crippen molar-refractivity contribution in [3.8, 4) is 0 Å². The summed E-state index contributed by atoms with van der Waals surface area (Å²) in [5, 5.41) is 2.97. The van der Waals surface area contributed by atoms with Gasteiger partial charge in [-0.2, -0.15) is 0 Å². The minimum Gasteiger partial charge on any atom is -0.383 e. The second-order valence-electron chi connectivity index (χ2n) is 3.32. The number of halogens is 1. The lowest BCUT2D eigenvalue weighted by Gasteiger charge is -2.04. The third-order valence-electron chi connectivity index (χ3n) is 1.97. The summed E-state index contributed by atoms with van der Waals surface area (Å²) >= 11 is 1.32. The first-order chi connectivity index (χ1) is 8.06. The number of aryl methyl sites for hydroxylation is 1. The number of nitrogens with one attached hydrogen (secondary N) is 1. The van der Waals surface area contributed by atoms with Crippen molar-refractivity contribution in [2.45, 2.75) is 6.92 Å². The number of anilines is 2. The number of thiazole rings is 1. The van der Waals surface area contributed by atoms with Gasteiger partial charge in [0, 0.05) is 11.1 Å². The van der Waals surface area contributed by atoms with Crippen molar-refractivity contribution < 1.29 is 9.18 Å². The predicted octanol–water partition coefficient (Wildman–Crippen LogP) is 1.82. The minimum absolute atomic E-state index is 0.00199. The fourth-order valence-electron chi connectivity index (χ4n) is 1.21. The smallest absolute Gasteiger partial charge is 0.261 e. The Labute approximate surface area is 101 Å². The predicted molar refractivity (Wildman–Crippen MR) is 63.4 cm³/mol. The molecule has 88 valence electrons. The summed E-state index contributed by atoms with van der Waals surface area (Å²) in [6.07, 6.45) is 2.59. The van der Waals surface area contributed by atoms with Crippen molar-refractivity contribution in [2.75, 3.05) is 11.1 Å². The maximum atomic E-state index is 12.9. The Morgan fingerprint density at radius 2 is 2.24 bits per heavy atom. The molecule has 0 fully saturated rings. The number of nitrogen functional groups attached to an aromatic ring is 1. The molecule has 0 radical (unpaired) electrons. The second kappa shape index (κ2) is 4.46. The maximum absolute atomic E-state index is 12.9. The van der Waals surface area contributed by atoms with Crippen LogP contribution in [0.25, 0.3) is 0 Å². The van der Waals surface area contributed by atoms with Gasteiger partial charge in [-0.05, 0) is 13.0 Å². The molecule has 3 N–H and O–H groups in total. The highest BCUT2D eigenvalue weighted by molar-refractivity contribution is 7.15. The quantitative estimate of drug-likeness (QED) is 0.854. The number of hydrogen-bond donors (Lipinski definition) is 2. The van der Waals surface area contributed by atoms with Crippen LogP contribution in [0.4, 0.5) is 15.3 Å². The van der Waals surface area contributed by atoms with Crippen LogP contribution >= 0.6 is 11.3 Å². The number of rotatable bonds is 2. The van der Waals surface area contributed by atoms with E-state index in [1.165, 1.54) is 11.3 Å². The molecule has 2 heterocycles. The van der Waals surface area contributed by atoms with Gasteiger partial charge in [0.25, 0.3) is 5.91 Å². The molecule has 5 nitrogen and oxygen atoms in total. The molecule has 2 aromatic heterocycles. The van der Waals surface area contributed by atoms with E-state index in [1.54, 1.807) is 6.20 Å². The van der Waals surface area contributed by atoms with Crippen LogP contribution in [0, 0.1) is 12.7 Å². The van der Waals surface area contributed by atoms with Crippen LogP contribution in [0.2, 0.25) is 0 Å². The van der Waals surface area contributed by atoms with Crippen molar-refractivity contribution in [1.82, 2.24) is 9.97 Å². The maximum Gasteiger partial charge on any atom is 0.261 e. The van der Waals surface area contributed by atoms with Crippen LogP contribution < -0.4 is 11.1 Å². The zero-order valence-electron chi connectivity index (χ0n) is 8.90. The normalized spacial score (nSPS) is 10.2. The van der Waals surface area contributed by atoms with E-state index < -0.39 is 11.7 Å². The van der Waals surface area contributed by atoms with E-state index in [0.29, 0.717) is 5.13 Å². The lowest BCUT2D eigenvalue weighted by molar-refractivity contribution is 0.102. The average Bonchev–Trinajstić information content (AvgIpc) is 2.67. The summed E-state index contributed by atoms with van der Waals surface area (Å²) in [5.74, 6) is -1.15. The Hall–Kier alpha value is -2.02. The molecular weight excluding hydrogens is 243 g/mol. The fourth-order valence-corrected chi connectivity index (χ4v) is 1.87. The van der Waals surface area contributed by atoms with Gasteiger partial charge in [0.2, 0.25) is 0 Å². The van der Waals surface area contributed by atoms with Crippen molar-refractivity contribution in [1.29, 1.82) is 0 Å². The summed E-state index contributed by atoms with van der Waals surface area (Å²) in [4.78, 5) is 20.3. The number of pyridine rings is 1. The number of hydrogen-bond acceptors (Lipinski definition) is 5. The van der Waals surface area contributed by atoms with E-state index in [2.05, 4.69) is 15.3 Å². The average molecular weight is 252 g/mol. The van der Waals surface area contributed by atoms with E-state index in [0.717, 1.165) is 17.1 Å². The second-order valence-corrected chi connectivity index (χ2v) is 4.55. The molecule has 7 heteroatoms. The highest BCUT2D eigenvalue weighted by Crippen LogP contribution is 2.18. The number of amides is 1. The minimum atomic E-state index is -0.611. The van der Waals surface area contributed by atoms with Crippen molar-refractivity contribution >= 4 is 28.2 Å². The van der Waals surface area contributed by atoms with Gasteiger partial charge < -0.3 is 5.73 Å². The number of nitrogens with zero attached hydrogens (tertiary/aromatic N) is 2. The molecule has 2 aromatic rings. The Morgan fingerprint density at radius 1 is 1.47 bits per heavy atom. The van der Waals surface area contributed by atoms with E-state index in [4.69, 9.17) is 5.73 Å². The Bertz CT molecular complexity index is 569. The molecule has 17 heavy (non-hydrogen) atoms. The summed E-state index contributed by atoms with van der Waals surface area (Å²) in [5.41, 5.74) is 5.49. The number of carbonyl (C=O) groups is 1. The van der Waals surface area contributed by atoms with Crippen molar-refractivity contribution in [2.24, 2.45) is 0 Å². The lowest BCUT2D eigenvalue weighted by atomic mass is 10.2. The standard InChI is InChI=1S/C10H9FN4OS/c1-5-3-14-10(17-5)15-9(16)7-2-6(11)4-13-8(7)12/h2-4H,1H3,(H2,12,13)(H,14,15,16). The van der Waals surface area contributed by atoms with Gasteiger partial charge in [0.1, 0.15) is 11.6 Å². The molecule has 0 bridgehead atoms. The number of nitrogens with two attached hydrogens (primary N) is 1. The molecule has 0 spiro atoms. The zero-order valence-corrected chi connectivity index (χ0v) is 9.71. The van der Waals surface area contributed by atoms with E-state index in [9.17, 15) is 9.18 Å². The van der Waals surface area contributed by atoms with Crippen LogP contribution in [0.5, 0.6) is 0 Å². The topological polar surface area (TPSA) is 80.9 Å². The first-order valence-corrected chi connectivity index (χ1v) is 5.52. The third kappa shape index (κ3) is 2.56. The first kappa shape index (κ1) is 11.5. The van der Waals surface area contributed by atoms with Crippen molar-refractivity contribution in [3.63, 3.8) is 0 Å². The zero-order chi connectivity index (χ0) is 12.4. The van der Waals surface area contributed by atoms with Gasteiger partial charge in [-0.15, -0.1) is 11.3 Å². The number of aromatic nitrogens is 2. The molecule has 0 aliphatic rings. The summed E-state index contributed by atoms with van der Waals surface area (Å²) in [6.45, 7) is 1.87. The van der Waals surface area contributed by atoms with Gasteiger partial charge >= 0.3 is 0 Å². The SMILES string of the molecule is Cc1cnc(NC(=O)c2cc(F)cnc2N)s1. The molecule has 2 rings (SSSR count). The molecule has 0 unspecified atom stereocenters. The fraction of sp³-hybridized carbons (Fsp3) is 0.100. The van der Waals surface area contributed by atoms with Gasteiger partial charge in [-0.25, -0.2) is 14.4 Å². The third-order valence-corrected chi connectivity index (χ3v) is 2.80. The summed E-state index contributed by atoms with van der Waals surface area (Å²) < 4.78 is 12.9. The van der Waals surface area contributed by atoms with Crippen LogP contribution in [0.3, 0.4) is 0 Å². The molecule has 0 aliphatic carbocycles. The molecule has 0 atom stereocenters. The van der Waals surface area contributed by atoms with Gasteiger partial charge in [-0.1, -0.05) is 0 Å². The number of carbonyl (C=O) groups excluding carboxylic acids is 1. The van der Waals surface area contributed by atoms with Gasteiger partial charge in [0.15, 0.2) is 5.13 Å². The monoisotopic (exact) mass is 252 g/mol. The van der Waals surface area contributed by atoms with E-state index >= 15 is 0 Å².